The van der Waals surface area contributed by atoms with Crippen LogP contribution in [0.5, 0.6) is 0 Å². The number of rotatable bonds is 4. The van der Waals surface area contributed by atoms with Crippen molar-refractivity contribution in [2.24, 2.45) is 0 Å². The van der Waals surface area contributed by atoms with Gasteiger partial charge in [0.05, 0.1) is 12.5 Å². The molecule has 1 N–H and O–H groups in total. The van der Waals surface area contributed by atoms with Crippen LogP contribution >= 0.6 is 31.9 Å². The van der Waals surface area contributed by atoms with Gasteiger partial charge in [-0.25, -0.2) is 0 Å². The first-order chi connectivity index (χ1) is 7.17. The van der Waals surface area contributed by atoms with Crippen molar-refractivity contribution in [3.05, 3.63) is 27.1 Å². The van der Waals surface area contributed by atoms with Crippen LogP contribution in [0.1, 0.15) is 19.8 Å². The lowest BCUT2D eigenvalue weighted by Gasteiger charge is -2.16. The minimum Gasteiger partial charge on any atom is -0.380 e. The third-order valence-corrected chi connectivity index (χ3v) is 3.27. The molecular weight excluding hydrogens is 320 g/mol. The lowest BCUT2D eigenvalue weighted by molar-refractivity contribution is 0.711. The quantitative estimate of drug-likeness (QED) is 0.892. The Hall–Kier alpha value is -0.530. The van der Waals surface area contributed by atoms with Crippen LogP contribution in [0.3, 0.4) is 0 Å². The Labute approximate surface area is 107 Å². The Kier molecular flexibility index (Phi) is 5.13. The lowest BCUT2D eigenvalue weighted by Crippen LogP contribution is -2.17. The predicted octanol–water partition coefficient (Wildman–Crippen LogP) is 4.32. The smallest absolute Gasteiger partial charge is 0.0643 e. The second-order valence-corrected chi connectivity index (χ2v) is 5.01. The number of benzene rings is 1. The zero-order valence-electron chi connectivity index (χ0n) is 8.43. The summed E-state index contributed by atoms with van der Waals surface area (Å²) in [5.41, 5.74) is 1.03. The van der Waals surface area contributed by atoms with Gasteiger partial charge < -0.3 is 5.32 Å². The molecule has 0 aliphatic heterocycles. The summed E-state index contributed by atoms with van der Waals surface area (Å²) in [6.07, 6.45) is 1.47. The Morgan fingerprint density at radius 1 is 1.47 bits per heavy atom. The summed E-state index contributed by atoms with van der Waals surface area (Å²) in [5, 5.41) is 12.0. The van der Waals surface area contributed by atoms with E-state index in [-0.39, 0.29) is 6.04 Å². The van der Waals surface area contributed by atoms with E-state index in [1.807, 2.05) is 18.2 Å². The molecule has 2 nitrogen and oxygen atoms in total. The van der Waals surface area contributed by atoms with E-state index in [4.69, 9.17) is 5.26 Å². The van der Waals surface area contributed by atoms with Crippen LogP contribution < -0.4 is 5.32 Å². The van der Waals surface area contributed by atoms with Crippen LogP contribution in [0, 0.1) is 11.3 Å². The predicted molar refractivity (Wildman–Crippen MR) is 69.8 cm³/mol. The molecule has 4 heteroatoms. The fourth-order valence-electron chi connectivity index (χ4n) is 1.23. The highest BCUT2D eigenvalue weighted by atomic mass is 79.9. The first-order valence-corrected chi connectivity index (χ1v) is 6.34. The van der Waals surface area contributed by atoms with E-state index < -0.39 is 0 Å². The summed E-state index contributed by atoms with van der Waals surface area (Å²) >= 11 is 6.88. The topological polar surface area (TPSA) is 35.8 Å². The highest BCUT2D eigenvalue weighted by molar-refractivity contribution is 9.11. The first-order valence-electron chi connectivity index (χ1n) is 4.76. The maximum absolute atomic E-state index is 8.65. The molecule has 0 aromatic heterocycles. The van der Waals surface area contributed by atoms with Gasteiger partial charge >= 0.3 is 0 Å². The number of hydrogen-bond acceptors (Lipinski definition) is 2. The summed E-state index contributed by atoms with van der Waals surface area (Å²) in [6.45, 7) is 2.07. The van der Waals surface area contributed by atoms with E-state index in [1.165, 1.54) is 0 Å². The van der Waals surface area contributed by atoms with Crippen molar-refractivity contribution < 1.29 is 0 Å². The van der Waals surface area contributed by atoms with Gasteiger partial charge in [0.1, 0.15) is 0 Å². The zero-order chi connectivity index (χ0) is 11.3. The third-order valence-electron chi connectivity index (χ3n) is 2.12. The second kappa shape index (κ2) is 6.14. The molecule has 0 saturated heterocycles. The minimum absolute atomic E-state index is 0.215. The molecule has 1 atom stereocenters. The van der Waals surface area contributed by atoms with Gasteiger partial charge in [0.25, 0.3) is 0 Å². The van der Waals surface area contributed by atoms with Crippen molar-refractivity contribution in [3.8, 4) is 6.07 Å². The molecule has 1 unspecified atom stereocenters. The number of anilines is 1. The van der Waals surface area contributed by atoms with Gasteiger partial charge in [-0.3, -0.25) is 0 Å². The fraction of sp³-hybridized carbons (Fsp3) is 0.364. The molecule has 1 aromatic carbocycles. The highest BCUT2D eigenvalue weighted by Crippen LogP contribution is 2.27. The summed E-state index contributed by atoms with van der Waals surface area (Å²) < 4.78 is 2.04. The van der Waals surface area contributed by atoms with Crippen LogP contribution in [-0.4, -0.2) is 6.04 Å². The molecule has 80 valence electrons. The lowest BCUT2D eigenvalue weighted by atomic mass is 10.1. The van der Waals surface area contributed by atoms with Crippen LogP contribution in [0.4, 0.5) is 5.69 Å². The molecule has 1 aromatic rings. The van der Waals surface area contributed by atoms with Gasteiger partial charge in [0.2, 0.25) is 0 Å². The van der Waals surface area contributed by atoms with Gasteiger partial charge in [-0.05, 0) is 40.5 Å². The molecule has 0 aliphatic carbocycles. The molecule has 0 aliphatic rings. The maximum atomic E-state index is 8.65. The van der Waals surface area contributed by atoms with E-state index in [9.17, 15) is 0 Å². The van der Waals surface area contributed by atoms with E-state index in [0.717, 1.165) is 21.1 Å². The monoisotopic (exact) mass is 330 g/mol. The molecule has 0 radical (unpaired) electrons. The van der Waals surface area contributed by atoms with E-state index in [1.54, 1.807) is 0 Å². The third kappa shape index (κ3) is 3.84. The average molecular weight is 332 g/mol. The Morgan fingerprint density at radius 2 is 2.20 bits per heavy atom. The number of nitrogens with zero attached hydrogens (tertiary/aromatic N) is 1. The van der Waals surface area contributed by atoms with Gasteiger partial charge in [-0.2, -0.15) is 5.26 Å². The van der Waals surface area contributed by atoms with Crippen LogP contribution in [-0.2, 0) is 0 Å². The summed E-state index contributed by atoms with van der Waals surface area (Å²) in [4.78, 5) is 0. The molecule has 0 heterocycles. The van der Waals surface area contributed by atoms with Crippen LogP contribution in [0.15, 0.2) is 27.1 Å². The molecule has 1 rings (SSSR count). The molecule has 0 amide bonds. The second-order valence-electron chi connectivity index (χ2n) is 3.24. The number of hydrogen-bond donors (Lipinski definition) is 1. The molecular formula is C11H12Br2N2. The number of nitrogens with one attached hydrogen (secondary N) is 1. The summed E-state index contributed by atoms with van der Waals surface area (Å²) in [7, 11) is 0. The Bertz CT molecular complexity index is 371. The zero-order valence-corrected chi connectivity index (χ0v) is 11.6. The van der Waals surface area contributed by atoms with Crippen molar-refractivity contribution in [3.63, 3.8) is 0 Å². The van der Waals surface area contributed by atoms with Crippen molar-refractivity contribution in [2.45, 2.75) is 25.8 Å². The van der Waals surface area contributed by atoms with Gasteiger partial charge in [0.15, 0.2) is 0 Å². The largest absolute Gasteiger partial charge is 0.380 e. The SMILES string of the molecule is CCC(CC#N)Nc1ccc(Br)cc1Br. The first kappa shape index (κ1) is 12.5. The Morgan fingerprint density at radius 3 is 2.73 bits per heavy atom. The molecule has 0 fully saturated rings. The van der Waals surface area contributed by atoms with Crippen LogP contribution in [0.2, 0.25) is 0 Å². The van der Waals surface area contributed by atoms with E-state index >= 15 is 0 Å². The molecule has 0 saturated carbocycles. The van der Waals surface area contributed by atoms with Gasteiger partial charge in [-0.1, -0.05) is 22.9 Å². The average Bonchev–Trinajstić information content (AvgIpc) is 2.21. The molecule has 15 heavy (non-hydrogen) atoms. The number of halogens is 2. The fourth-order valence-corrected chi connectivity index (χ4v) is 2.40. The minimum atomic E-state index is 0.215. The van der Waals surface area contributed by atoms with E-state index in [0.29, 0.717) is 6.42 Å². The summed E-state index contributed by atoms with van der Waals surface area (Å²) in [6, 6.07) is 8.36. The Balaban J connectivity index is 2.75. The number of nitriles is 1. The maximum Gasteiger partial charge on any atom is 0.0643 e. The summed E-state index contributed by atoms with van der Waals surface area (Å²) in [5.74, 6) is 0. The van der Waals surface area contributed by atoms with Gasteiger partial charge in [0, 0.05) is 20.7 Å². The van der Waals surface area contributed by atoms with E-state index in [2.05, 4.69) is 50.2 Å². The van der Waals surface area contributed by atoms with Gasteiger partial charge in [-0.15, -0.1) is 0 Å². The highest BCUT2D eigenvalue weighted by Gasteiger charge is 2.07. The van der Waals surface area contributed by atoms with Crippen molar-refractivity contribution >= 4 is 37.5 Å². The van der Waals surface area contributed by atoms with Crippen LogP contribution in [0.25, 0.3) is 0 Å². The van der Waals surface area contributed by atoms with Crippen molar-refractivity contribution in [1.29, 1.82) is 5.26 Å². The van der Waals surface area contributed by atoms with Crippen molar-refractivity contribution in [1.82, 2.24) is 0 Å². The molecule has 0 bridgehead atoms. The molecule has 0 spiro atoms. The standard InChI is InChI=1S/C11H12Br2N2/c1-2-9(5-6-14)15-11-4-3-8(12)7-10(11)13/h3-4,7,9,15H,2,5H2,1H3. The van der Waals surface area contributed by atoms with Crippen molar-refractivity contribution in [2.75, 3.05) is 5.32 Å². The normalized spacial score (nSPS) is 11.9.